The molecule has 9 heteroatoms. The van der Waals surface area contributed by atoms with Crippen LogP contribution < -0.4 is 4.90 Å². The fourth-order valence-corrected chi connectivity index (χ4v) is 1.67. The molecule has 0 saturated heterocycles. The smallest absolute Gasteiger partial charge is 0.337 e. The number of pyridine rings is 1. The summed E-state index contributed by atoms with van der Waals surface area (Å²) in [7, 11) is 3.04. The van der Waals surface area contributed by atoms with E-state index in [9.17, 15) is 14.9 Å². The van der Waals surface area contributed by atoms with Crippen molar-refractivity contribution in [1.29, 1.82) is 0 Å². The van der Waals surface area contributed by atoms with Crippen molar-refractivity contribution in [2.45, 2.75) is 0 Å². The summed E-state index contributed by atoms with van der Waals surface area (Å²) in [5.41, 5.74) is -0.592. The molecule has 116 valence electrons. The maximum atomic E-state index is 11.1. The zero-order valence-corrected chi connectivity index (χ0v) is 11.8. The molecule has 0 unspecified atom stereocenters. The van der Waals surface area contributed by atoms with E-state index in [2.05, 4.69) is 4.98 Å². The molecule has 1 heterocycles. The van der Waals surface area contributed by atoms with Gasteiger partial charge in [-0.15, -0.1) is 0 Å². The molecule has 0 aliphatic carbocycles. The van der Waals surface area contributed by atoms with E-state index in [1.807, 2.05) is 0 Å². The highest BCUT2D eigenvalue weighted by atomic mass is 16.6. The zero-order chi connectivity index (χ0) is 15.8. The first-order chi connectivity index (χ1) is 10.0. The molecule has 0 radical (unpaired) electrons. The predicted molar refractivity (Wildman–Crippen MR) is 73.8 cm³/mol. The van der Waals surface area contributed by atoms with E-state index >= 15 is 0 Å². The van der Waals surface area contributed by atoms with Gasteiger partial charge in [-0.05, 0) is 0 Å². The number of carboxylic acid groups (broad SMARTS) is 1. The molecule has 0 aromatic carbocycles. The van der Waals surface area contributed by atoms with Gasteiger partial charge in [-0.3, -0.25) is 10.1 Å². The minimum atomic E-state index is -1.27. The minimum absolute atomic E-state index is 0.0964. The molecule has 0 spiro atoms. The molecule has 9 nitrogen and oxygen atoms in total. The van der Waals surface area contributed by atoms with Crippen LogP contribution in [-0.4, -0.2) is 61.5 Å². The molecule has 1 N–H and O–H groups in total. The second-order valence-corrected chi connectivity index (χ2v) is 4.10. The number of hydrogen-bond donors (Lipinski definition) is 1. The number of aromatic nitrogens is 1. The molecule has 1 aromatic heterocycles. The van der Waals surface area contributed by atoms with Crippen molar-refractivity contribution in [1.82, 2.24) is 4.98 Å². The van der Waals surface area contributed by atoms with Crippen LogP contribution in [0.3, 0.4) is 0 Å². The molecule has 0 aliphatic heterocycles. The Morgan fingerprint density at radius 1 is 1.38 bits per heavy atom. The van der Waals surface area contributed by atoms with Crippen molar-refractivity contribution < 1.29 is 24.3 Å². The minimum Gasteiger partial charge on any atom is -0.478 e. The Balaban J connectivity index is 3.15. The fraction of sp³-hybridized carbons (Fsp3) is 0.500. The Morgan fingerprint density at radius 2 is 1.95 bits per heavy atom. The number of ether oxygens (including phenoxy) is 2. The van der Waals surface area contributed by atoms with E-state index in [4.69, 9.17) is 14.6 Å². The SMILES string of the molecule is COCCN(CCOC)c1ncc(C(=O)O)cc1[N+](=O)[O-]. The Labute approximate surface area is 121 Å². The molecular weight excluding hydrogens is 282 g/mol. The molecule has 1 aromatic rings. The van der Waals surface area contributed by atoms with Gasteiger partial charge in [0, 0.05) is 39.6 Å². The summed E-state index contributed by atoms with van der Waals surface area (Å²) in [4.78, 5) is 26.9. The average Bonchev–Trinajstić information content (AvgIpc) is 2.46. The van der Waals surface area contributed by atoms with Gasteiger partial charge in [0.15, 0.2) is 0 Å². The third-order valence-electron chi connectivity index (χ3n) is 2.72. The number of anilines is 1. The Hall–Kier alpha value is -2.26. The van der Waals surface area contributed by atoms with Crippen LogP contribution in [0.25, 0.3) is 0 Å². The van der Waals surface area contributed by atoms with Crippen LogP contribution >= 0.6 is 0 Å². The first-order valence-corrected chi connectivity index (χ1v) is 6.11. The second kappa shape index (κ2) is 8.12. The Bertz CT molecular complexity index is 500. The lowest BCUT2D eigenvalue weighted by molar-refractivity contribution is -0.384. The van der Waals surface area contributed by atoms with Gasteiger partial charge in [0.25, 0.3) is 0 Å². The predicted octanol–water partition coefficient (Wildman–Crippen LogP) is 0.787. The van der Waals surface area contributed by atoms with Crippen LogP contribution in [0, 0.1) is 10.1 Å². The monoisotopic (exact) mass is 299 g/mol. The standard InChI is InChI=1S/C12H17N3O6/c1-20-5-3-14(4-6-21-2)11-10(15(18)19)7-9(8-13-11)12(16)17/h7-8H,3-6H2,1-2H3,(H,16,17). The number of carbonyl (C=O) groups is 1. The topological polar surface area (TPSA) is 115 Å². The largest absolute Gasteiger partial charge is 0.478 e. The number of methoxy groups -OCH3 is 2. The van der Waals surface area contributed by atoms with Gasteiger partial charge in [-0.2, -0.15) is 0 Å². The number of rotatable bonds is 9. The van der Waals surface area contributed by atoms with Crippen LogP contribution in [-0.2, 0) is 9.47 Å². The maximum Gasteiger partial charge on any atom is 0.337 e. The van der Waals surface area contributed by atoms with Gasteiger partial charge >= 0.3 is 11.7 Å². The summed E-state index contributed by atoms with van der Waals surface area (Å²) >= 11 is 0. The van der Waals surface area contributed by atoms with Gasteiger partial charge in [-0.25, -0.2) is 9.78 Å². The number of aromatic carboxylic acids is 1. The first kappa shape index (κ1) is 16.8. The summed E-state index contributed by atoms with van der Waals surface area (Å²) in [6.07, 6.45) is 1.09. The van der Waals surface area contributed by atoms with E-state index in [0.29, 0.717) is 26.3 Å². The number of hydrogen-bond acceptors (Lipinski definition) is 7. The lowest BCUT2D eigenvalue weighted by atomic mass is 10.2. The first-order valence-electron chi connectivity index (χ1n) is 6.11. The number of carboxylic acids is 1. The van der Waals surface area contributed by atoms with Crippen LogP contribution in [0.1, 0.15) is 10.4 Å². The van der Waals surface area contributed by atoms with Crippen LogP contribution in [0.15, 0.2) is 12.3 Å². The number of nitrogens with zero attached hydrogens (tertiary/aromatic N) is 3. The third kappa shape index (κ3) is 4.65. The third-order valence-corrected chi connectivity index (χ3v) is 2.72. The molecule has 0 saturated carbocycles. The average molecular weight is 299 g/mol. The van der Waals surface area contributed by atoms with Gasteiger partial charge in [0.1, 0.15) is 0 Å². The fourth-order valence-electron chi connectivity index (χ4n) is 1.67. The molecule has 0 aliphatic rings. The summed E-state index contributed by atoms with van der Waals surface area (Å²) in [6, 6.07) is 0.997. The Kier molecular flexibility index (Phi) is 6.50. The zero-order valence-electron chi connectivity index (χ0n) is 11.8. The van der Waals surface area contributed by atoms with Crippen molar-refractivity contribution in [3.63, 3.8) is 0 Å². The van der Waals surface area contributed by atoms with Crippen LogP contribution in [0.2, 0.25) is 0 Å². The van der Waals surface area contributed by atoms with Crippen LogP contribution in [0.4, 0.5) is 11.5 Å². The van der Waals surface area contributed by atoms with E-state index < -0.39 is 10.9 Å². The molecule has 0 amide bonds. The Morgan fingerprint density at radius 3 is 2.38 bits per heavy atom. The van der Waals surface area contributed by atoms with Crippen molar-refractivity contribution in [3.05, 3.63) is 27.9 Å². The van der Waals surface area contributed by atoms with Gasteiger partial charge in [0.2, 0.25) is 5.82 Å². The highest BCUT2D eigenvalue weighted by Gasteiger charge is 2.23. The quantitative estimate of drug-likeness (QED) is 0.525. The van der Waals surface area contributed by atoms with Crippen LogP contribution in [0.5, 0.6) is 0 Å². The normalized spacial score (nSPS) is 10.4. The summed E-state index contributed by atoms with van der Waals surface area (Å²) in [5.74, 6) is -1.17. The van der Waals surface area contributed by atoms with E-state index in [1.165, 1.54) is 14.2 Å². The van der Waals surface area contributed by atoms with Crippen molar-refractivity contribution >= 4 is 17.5 Å². The maximum absolute atomic E-state index is 11.1. The van der Waals surface area contributed by atoms with Crippen molar-refractivity contribution in [2.24, 2.45) is 0 Å². The van der Waals surface area contributed by atoms with Crippen molar-refractivity contribution in [2.75, 3.05) is 45.4 Å². The molecular formula is C12H17N3O6. The highest BCUT2D eigenvalue weighted by Crippen LogP contribution is 2.26. The lowest BCUT2D eigenvalue weighted by Gasteiger charge is -2.22. The molecule has 0 fully saturated rings. The lowest BCUT2D eigenvalue weighted by Crippen LogP contribution is -2.32. The number of nitro groups is 1. The summed E-state index contributed by atoms with van der Waals surface area (Å²) < 4.78 is 9.92. The molecule has 21 heavy (non-hydrogen) atoms. The van der Waals surface area contributed by atoms with Gasteiger partial charge in [0.05, 0.1) is 23.7 Å². The summed E-state index contributed by atoms with van der Waals surface area (Å²) in [6.45, 7) is 1.45. The highest BCUT2D eigenvalue weighted by molar-refractivity contribution is 5.88. The molecule has 1 rings (SSSR count). The van der Waals surface area contributed by atoms with Crippen molar-refractivity contribution in [3.8, 4) is 0 Å². The van der Waals surface area contributed by atoms with E-state index in [0.717, 1.165) is 12.3 Å². The molecule has 0 atom stereocenters. The van der Waals surface area contributed by atoms with E-state index in [1.54, 1.807) is 4.90 Å². The summed E-state index contributed by atoms with van der Waals surface area (Å²) in [5, 5.41) is 20.0. The van der Waals surface area contributed by atoms with Gasteiger partial charge in [-0.1, -0.05) is 0 Å². The van der Waals surface area contributed by atoms with E-state index in [-0.39, 0.29) is 17.1 Å². The van der Waals surface area contributed by atoms with Gasteiger partial charge < -0.3 is 19.5 Å². The molecule has 0 bridgehead atoms. The second-order valence-electron chi connectivity index (χ2n) is 4.10.